The van der Waals surface area contributed by atoms with E-state index in [2.05, 4.69) is 25.9 Å². The number of imidazole rings is 1. The summed E-state index contributed by atoms with van der Waals surface area (Å²) in [7, 11) is 0. The Balaban J connectivity index is 1.83. The van der Waals surface area contributed by atoms with Gasteiger partial charge >= 0.3 is 5.97 Å². The molecular formula is C29H35N7O7. The van der Waals surface area contributed by atoms with Gasteiger partial charge in [-0.05, 0) is 29.7 Å². The number of phenolic OH excluding ortho intramolecular Hbond substituents is 1. The molecule has 0 saturated carbocycles. The van der Waals surface area contributed by atoms with Crippen molar-refractivity contribution in [3.05, 3.63) is 83.9 Å². The van der Waals surface area contributed by atoms with Crippen LogP contribution in [0.25, 0.3) is 0 Å². The standard InChI is InChI=1S/C29H35N7O7/c30-21(10-11-25(31)38)26(39)34-22(12-17-4-2-1-3-5-17)27(40)35-23(13-18-6-8-20(37)9-7-18)28(41)36-24(29(42)43)14-19-15-32-16-33-19/h1-9,15-16,21-24,37H,10-14,30H2,(H2,31,38)(H,32,33)(H,34,39)(H,35,40)(H,36,41)(H,42,43). The van der Waals surface area contributed by atoms with Crippen molar-refractivity contribution in [1.82, 2.24) is 25.9 Å². The largest absolute Gasteiger partial charge is 0.508 e. The van der Waals surface area contributed by atoms with E-state index in [1.165, 1.54) is 24.7 Å². The second kappa shape index (κ2) is 15.7. The summed E-state index contributed by atoms with van der Waals surface area (Å²) in [5.74, 6) is -4.12. The summed E-state index contributed by atoms with van der Waals surface area (Å²) in [6, 6.07) is 9.87. The Morgan fingerprint density at radius 1 is 0.791 bits per heavy atom. The number of H-pyrrole nitrogens is 1. The Labute approximate surface area is 247 Å². The van der Waals surface area contributed by atoms with E-state index >= 15 is 0 Å². The molecule has 4 amide bonds. The normalized spacial score (nSPS) is 13.6. The fraction of sp³-hybridized carbons (Fsp3) is 0.310. The topological polar surface area (TPSA) is 243 Å². The average Bonchev–Trinajstić information content (AvgIpc) is 3.49. The van der Waals surface area contributed by atoms with Crippen LogP contribution in [-0.4, -0.2) is 73.9 Å². The number of hydrogen-bond donors (Lipinski definition) is 8. The second-order valence-corrected chi connectivity index (χ2v) is 9.97. The highest BCUT2D eigenvalue weighted by atomic mass is 16.4. The fourth-order valence-corrected chi connectivity index (χ4v) is 4.20. The quantitative estimate of drug-likeness (QED) is 0.104. The third-order valence-electron chi connectivity index (χ3n) is 6.56. The molecule has 1 heterocycles. The van der Waals surface area contributed by atoms with Crippen LogP contribution in [0.5, 0.6) is 5.75 Å². The summed E-state index contributed by atoms with van der Waals surface area (Å²) in [6.45, 7) is 0. The van der Waals surface area contributed by atoms with E-state index in [4.69, 9.17) is 11.5 Å². The predicted molar refractivity (Wildman–Crippen MR) is 154 cm³/mol. The molecule has 228 valence electrons. The Kier molecular flexibility index (Phi) is 11.8. The van der Waals surface area contributed by atoms with Crippen molar-refractivity contribution < 1.29 is 34.2 Å². The Bertz CT molecular complexity index is 1380. The zero-order chi connectivity index (χ0) is 31.4. The molecule has 0 fully saturated rings. The SMILES string of the molecule is NC(=O)CCC(N)C(=O)NC(Cc1ccccc1)C(=O)NC(Cc1ccc(O)cc1)C(=O)NC(Cc1cnc[nH]1)C(=O)O. The van der Waals surface area contributed by atoms with Crippen molar-refractivity contribution in [2.75, 3.05) is 0 Å². The van der Waals surface area contributed by atoms with Gasteiger partial charge in [0.05, 0.1) is 12.4 Å². The summed E-state index contributed by atoms with van der Waals surface area (Å²) in [5.41, 5.74) is 12.8. The van der Waals surface area contributed by atoms with Gasteiger partial charge < -0.3 is 42.6 Å². The molecule has 4 unspecified atom stereocenters. The number of nitrogens with zero attached hydrogens (tertiary/aromatic N) is 1. The second-order valence-electron chi connectivity index (χ2n) is 9.97. The van der Waals surface area contributed by atoms with Crippen LogP contribution < -0.4 is 27.4 Å². The van der Waals surface area contributed by atoms with Crippen LogP contribution in [0.1, 0.15) is 29.7 Å². The van der Waals surface area contributed by atoms with Crippen LogP contribution >= 0.6 is 0 Å². The van der Waals surface area contributed by atoms with Gasteiger partial charge in [-0.15, -0.1) is 0 Å². The lowest BCUT2D eigenvalue weighted by Crippen LogP contribution is -2.58. The van der Waals surface area contributed by atoms with E-state index in [1.807, 2.05) is 0 Å². The number of carboxylic acids is 1. The van der Waals surface area contributed by atoms with Crippen molar-refractivity contribution >= 4 is 29.6 Å². The summed E-state index contributed by atoms with van der Waals surface area (Å²) >= 11 is 0. The van der Waals surface area contributed by atoms with E-state index in [9.17, 15) is 34.2 Å². The summed E-state index contributed by atoms with van der Waals surface area (Å²) in [5, 5.41) is 27.1. The minimum atomic E-state index is -1.34. The van der Waals surface area contributed by atoms with Crippen LogP contribution in [0.4, 0.5) is 0 Å². The van der Waals surface area contributed by atoms with E-state index in [1.54, 1.807) is 42.5 Å². The van der Waals surface area contributed by atoms with Crippen molar-refractivity contribution in [3.8, 4) is 5.75 Å². The highest BCUT2D eigenvalue weighted by Crippen LogP contribution is 2.13. The maximum Gasteiger partial charge on any atom is 0.326 e. The van der Waals surface area contributed by atoms with Crippen LogP contribution in [0, 0.1) is 0 Å². The Morgan fingerprint density at radius 2 is 1.35 bits per heavy atom. The van der Waals surface area contributed by atoms with Crippen LogP contribution in [-0.2, 0) is 43.2 Å². The zero-order valence-electron chi connectivity index (χ0n) is 23.2. The van der Waals surface area contributed by atoms with Crippen LogP contribution in [0.3, 0.4) is 0 Å². The first-order chi connectivity index (χ1) is 20.5. The molecule has 14 heteroatoms. The number of amides is 4. The fourth-order valence-electron chi connectivity index (χ4n) is 4.20. The molecule has 0 bridgehead atoms. The third-order valence-corrected chi connectivity index (χ3v) is 6.56. The van der Waals surface area contributed by atoms with Gasteiger partial charge in [-0.2, -0.15) is 0 Å². The van der Waals surface area contributed by atoms with Crippen molar-refractivity contribution in [2.45, 2.75) is 56.3 Å². The molecule has 4 atom stereocenters. The molecule has 3 aromatic rings. The summed E-state index contributed by atoms with van der Waals surface area (Å²) in [4.78, 5) is 69.6. The number of nitrogens with two attached hydrogens (primary N) is 2. The number of nitrogens with one attached hydrogen (secondary N) is 4. The molecule has 3 rings (SSSR count). The van der Waals surface area contributed by atoms with Crippen LogP contribution in [0.2, 0.25) is 0 Å². The van der Waals surface area contributed by atoms with Gasteiger partial charge in [0.15, 0.2) is 0 Å². The van der Waals surface area contributed by atoms with Crippen molar-refractivity contribution in [2.24, 2.45) is 11.5 Å². The van der Waals surface area contributed by atoms with Gasteiger partial charge in [0.25, 0.3) is 0 Å². The van der Waals surface area contributed by atoms with E-state index < -0.39 is 53.8 Å². The van der Waals surface area contributed by atoms with E-state index in [0.29, 0.717) is 16.8 Å². The lowest BCUT2D eigenvalue weighted by molar-refractivity contribution is -0.142. The number of carbonyl (C=O) groups excluding carboxylic acids is 4. The van der Waals surface area contributed by atoms with Gasteiger partial charge in [-0.1, -0.05) is 42.5 Å². The first kappa shape index (κ1) is 32.3. The average molecular weight is 594 g/mol. The first-order valence-corrected chi connectivity index (χ1v) is 13.5. The molecule has 0 aliphatic rings. The maximum atomic E-state index is 13.6. The minimum Gasteiger partial charge on any atom is -0.508 e. The number of aliphatic carboxylic acids is 1. The number of carbonyl (C=O) groups is 5. The molecule has 0 aliphatic carbocycles. The monoisotopic (exact) mass is 593 g/mol. The minimum absolute atomic E-state index is 0.00222. The molecule has 10 N–H and O–H groups in total. The molecule has 1 aromatic heterocycles. The highest BCUT2D eigenvalue weighted by molar-refractivity contribution is 5.94. The Morgan fingerprint density at radius 3 is 1.88 bits per heavy atom. The van der Waals surface area contributed by atoms with Gasteiger partial charge in [-0.3, -0.25) is 19.2 Å². The number of phenols is 1. The highest BCUT2D eigenvalue weighted by Gasteiger charge is 2.31. The number of rotatable bonds is 16. The number of benzene rings is 2. The molecule has 0 saturated heterocycles. The zero-order valence-corrected chi connectivity index (χ0v) is 23.2. The number of carboxylic acid groups (broad SMARTS) is 1. The maximum absolute atomic E-state index is 13.6. The lowest BCUT2D eigenvalue weighted by Gasteiger charge is -2.25. The van der Waals surface area contributed by atoms with Crippen molar-refractivity contribution in [3.63, 3.8) is 0 Å². The van der Waals surface area contributed by atoms with Gasteiger partial charge in [0.2, 0.25) is 23.6 Å². The lowest BCUT2D eigenvalue weighted by atomic mass is 10.0. The number of aromatic amines is 1. The van der Waals surface area contributed by atoms with Gasteiger partial charge in [-0.25, -0.2) is 9.78 Å². The molecule has 0 aliphatic heterocycles. The summed E-state index contributed by atoms with van der Waals surface area (Å²) in [6.07, 6.45) is 2.57. The van der Waals surface area contributed by atoms with E-state index in [-0.39, 0.29) is 37.9 Å². The smallest absolute Gasteiger partial charge is 0.326 e. The van der Waals surface area contributed by atoms with E-state index in [0.717, 1.165) is 0 Å². The summed E-state index contributed by atoms with van der Waals surface area (Å²) < 4.78 is 0. The molecule has 0 spiro atoms. The molecular weight excluding hydrogens is 558 g/mol. The number of hydrogen-bond acceptors (Lipinski definition) is 8. The number of aromatic hydroxyl groups is 1. The van der Waals surface area contributed by atoms with Crippen molar-refractivity contribution in [1.29, 1.82) is 0 Å². The Hall–Kier alpha value is -5.24. The van der Waals surface area contributed by atoms with Crippen LogP contribution in [0.15, 0.2) is 67.1 Å². The first-order valence-electron chi connectivity index (χ1n) is 13.5. The molecule has 43 heavy (non-hydrogen) atoms. The van der Waals surface area contributed by atoms with Gasteiger partial charge in [0, 0.05) is 37.6 Å². The molecule has 0 radical (unpaired) electrons. The number of primary amides is 1. The molecule has 2 aromatic carbocycles. The predicted octanol–water partition coefficient (Wildman–Crippen LogP) is -0.725. The third kappa shape index (κ3) is 10.6. The van der Waals surface area contributed by atoms with Gasteiger partial charge in [0.1, 0.15) is 23.9 Å². The molecule has 14 nitrogen and oxygen atoms in total. The number of aromatic nitrogens is 2.